The van der Waals surface area contributed by atoms with Crippen molar-refractivity contribution in [1.82, 2.24) is 0 Å². The normalized spacial score (nSPS) is 19.7. The van der Waals surface area contributed by atoms with E-state index in [0.29, 0.717) is 0 Å². The van der Waals surface area contributed by atoms with E-state index in [0.717, 1.165) is 31.5 Å². The number of ether oxygens (including phenoxy) is 1. The van der Waals surface area contributed by atoms with Crippen LogP contribution >= 0.6 is 0 Å². The molecule has 0 radical (unpaired) electrons. The number of benzene rings is 1. The van der Waals surface area contributed by atoms with Crippen LogP contribution in [-0.2, 0) is 19.6 Å². The maximum atomic E-state index is 11.8. The van der Waals surface area contributed by atoms with Crippen LogP contribution in [0.25, 0.3) is 0 Å². The van der Waals surface area contributed by atoms with E-state index >= 15 is 0 Å². The lowest BCUT2D eigenvalue weighted by atomic mass is 10.0. The van der Waals surface area contributed by atoms with Crippen molar-refractivity contribution >= 4 is 21.7 Å². The molecule has 2 rings (SSSR count). The first kappa shape index (κ1) is 14.8. The van der Waals surface area contributed by atoms with Gasteiger partial charge >= 0.3 is 5.97 Å². The number of carbonyl (C=O) groups excluding carboxylic acids is 1. The Morgan fingerprint density at radius 3 is 2.50 bits per heavy atom. The molecule has 1 heterocycles. The molecule has 0 aromatic heterocycles. The van der Waals surface area contributed by atoms with Crippen LogP contribution in [0, 0.1) is 0 Å². The third-order valence-corrected chi connectivity index (χ3v) is 4.40. The van der Waals surface area contributed by atoms with Gasteiger partial charge in [0.25, 0.3) is 0 Å². The van der Waals surface area contributed by atoms with Gasteiger partial charge in [0.05, 0.1) is 12.0 Å². The molecule has 0 aliphatic carbocycles. The molecule has 7 heteroatoms. The van der Waals surface area contributed by atoms with E-state index in [1.54, 1.807) is 12.1 Å². The molecule has 0 saturated carbocycles. The van der Waals surface area contributed by atoms with Gasteiger partial charge in [-0.1, -0.05) is 0 Å². The molecular weight excluding hydrogens is 280 g/mol. The molecule has 6 nitrogen and oxygen atoms in total. The lowest BCUT2D eigenvalue weighted by molar-refractivity contribution is -0.142. The number of sulfonamides is 1. The summed E-state index contributed by atoms with van der Waals surface area (Å²) in [4.78, 5) is 13.8. The SMILES string of the molecule is COC(=O)C1CCCCN1c1ccc(S(N)(=O)=O)cc1. The molecule has 0 amide bonds. The van der Waals surface area contributed by atoms with Gasteiger partial charge in [-0.05, 0) is 43.5 Å². The van der Waals surface area contributed by atoms with Crippen molar-refractivity contribution in [3.05, 3.63) is 24.3 Å². The van der Waals surface area contributed by atoms with E-state index in [9.17, 15) is 13.2 Å². The smallest absolute Gasteiger partial charge is 0.328 e. The Labute approximate surface area is 118 Å². The van der Waals surface area contributed by atoms with Crippen LogP contribution in [0.4, 0.5) is 5.69 Å². The van der Waals surface area contributed by atoms with Crippen molar-refractivity contribution in [3.63, 3.8) is 0 Å². The van der Waals surface area contributed by atoms with Crippen molar-refractivity contribution in [1.29, 1.82) is 0 Å². The zero-order valence-corrected chi connectivity index (χ0v) is 12.1. The van der Waals surface area contributed by atoms with Crippen LogP contribution in [0.3, 0.4) is 0 Å². The summed E-state index contributed by atoms with van der Waals surface area (Å²) >= 11 is 0. The van der Waals surface area contributed by atoms with E-state index in [4.69, 9.17) is 9.88 Å². The maximum Gasteiger partial charge on any atom is 0.328 e. The Bertz CT molecular complexity index is 583. The van der Waals surface area contributed by atoms with Crippen LogP contribution < -0.4 is 10.0 Å². The zero-order chi connectivity index (χ0) is 14.8. The van der Waals surface area contributed by atoms with E-state index in [-0.39, 0.29) is 16.9 Å². The van der Waals surface area contributed by atoms with Crippen molar-refractivity contribution < 1.29 is 17.9 Å². The number of esters is 1. The summed E-state index contributed by atoms with van der Waals surface area (Å²) in [6.45, 7) is 0.745. The van der Waals surface area contributed by atoms with Crippen molar-refractivity contribution in [2.24, 2.45) is 5.14 Å². The molecule has 20 heavy (non-hydrogen) atoms. The summed E-state index contributed by atoms with van der Waals surface area (Å²) in [5, 5.41) is 5.07. The first-order chi connectivity index (χ1) is 9.43. The summed E-state index contributed by atoms with van der Waals surface area (Å²) in [6, 6.07) is 5.93. The van der Waals surface area contributed by atoms with Gasteiger partial charge in [-0.25, -0.2) is 18.4 Å². The first-order valence-corrected chi connectivity index (χ1v) is 7.95. The third kappa shape index (κ3) is 3.10. The Morgan fingerprint density at radius 1 is 1.30 bits per heavy atom. The fourth-order valence-electron chi connectivity index (χ4n) is 2.45. The van der Waals surface area contributed by atoms with E-state index in [1.165, 1.54) is 19.2 Å². The van der Waals surface area contributed by atoms with Crippen LogP contribution in [-0.4, -0.2) is 34.1 Å². The van der Waals surface area contributed by atoms with Crippen molar-refractivity contribution in [2.45, 2.75) is 30.2 Å². The minimum Gasteiger partial charge on any atom is -0.467 e. The molecular formula is C13H18N2O4S. The number of rotatable bonds is 3. The lowest BCUT2D eigenvalue weighted by Gasteiger charge is -2.35. The number of methoxy groups -OCH3 is 1. The molecule has 1 fully saturated rings. The number of hydrogen-bond donors (Lipinski definition) is 1. The summed E-state index contributed by atoms with van der Waals surface area (Å²) in [5.74, 6) is -0.264. The second-order valence-electron chi connectivity index (χ2n) is 4.77. The van der Waals surface area contributed by atoms with Gasteiger partial charge in [0.2, 0.25) is 10.0 Å². The van der Waals surface area contributed by atoms with E-state index in [2.05, 4.69) is 0 Å². The molecule has 110 valence electrons. The summed E-state index contributed by atoms with van der Waals surface area (Å²) < 4.78 is 27.3. The largest absolute Gasteiger partial charge is 0.467 e. The molecule has 1 atom stereocenters. The molecule has 0 bridgehead atoms. The predicted octanol–water partition coefficient (Wildman–Crippen LogP) is 0.866. The second kappa shape index (κ2) is 5.80. The molecule has 1 unspecified atom stereocenters. The highest BCUT2D eigenvalue weighted by Gasteiger charge is 2.29. The molecule has 1 aliphatic heterocycles. The third-order valence-electron chi connectivity index (χ3n) is 3.47. The number of nitrogens with two attached hydrogens (primary N) is 1. The van der Waals surface area contributed by atoms with E-state index in [1.807, 2.05) is 4.90 Å². The highest BCUT2D eigenvalue weighted by atomic mass is 32.2. The van der Waals surface area contributed by atoms with Crippen LogP contribution in [0.15, 0.2) is 29.2 Å². The number of nitrogens with zero attached hydrogens (tertiary/aromatic N) is 1. The molecule has 1 saturated heterocycles. The van der Waals surface area contributed by atoms with Crippen LogP contribution in [0.5, 0.6) is 0 Å². The van der Waals surface area contributed by atoms with Gasteiger partial charge in [0.1, 0.15) is 6.04 Å². The minimum absolute atomic E-state index is 0.0628. The van der Waals surface area contributed by atoms with E-state index < -0.39 is 10.0 Å². The number of primary sulfonamides is 1. The van der Waals surface area contributed by atoms with Gasteiger partial charge in [0.15, 0.2) is 0 Å². The van der Waals surface area contributed by atoms with Gasteiger partial charge < -0.3 is 9.64 Å². The molecule has 1 aromatic carbocycles. The zero-order valence-electron chi connectivity index (χ0n) is 11.3. The second-order valence-corrected chi connectivity index (χ2v) is 6.33. The Hall–Kier alpha value is -1.60. The molecule has 2 N–H and O–H groups in total. The number of hydrogen-bond acceptors (Lipinski definition) is 5. The number of carbonyl (C=O) groups is 1. The fraction of sp³-hybridized carbons (Fsp3) is 0.462. The number of piperidine rings is 1. The Kier molecular flexibility index (Phi) is 4.29. The summed E-state index contributed by atoms with van der Waals surface area (Å²) in [7, 11) is -2.32. The standard InChI is InChI=1S/C13H18N2O4S/c1-19-13(16)12-4-2-3-9-15(12)10-5-7-11(8-6-10)20(14,17)18/h5-8,12H,2-4,9H2,1H3,(H2,14,17,18). The molecule has 1 aromatic rings. The maximum absolute atomic E-state index is 11.8. The van der Waals surface area contributed by atoms with Gasteiger partial charge in [-0.2, -0.15) is 0 Å². The van der Waals surface area contributed by atoms with Gasteiger partial charge in [0, 0.05) is 12.2 Å². The van der Waals surface area contributed by atoms with Crippen molar-refractivity contribution in [3.8, 4) is 0 Å². The summed E-state index contributed by atoms with van der Waals surface area (Å²) in [5.41, 5.74) is 0.799. The van der Waals surface area contributed by atoms with Crippen LogP contribution in [0.1, 0.15) is 19.3 Å². The Balaban J connectivity index is 2.26. The monoisotopic (exact) mass is 298 g/mol. The van der Waals surface area contributed by atoms with Gasteiger partial charge in [-0.3, -0.25) is 0 Å². The average Bonchev–Trinajstić information content (AvgIpc) is 2.45. The Morgan fingerprint density at radius 2 is 1.95 bits per heavy atom. The van der Waals surface area contributed by atoms with Gasteiger partial charge in [-0.15, -0.1) is 0 Å². The first-order valence-electron chi connectivity index (χ1n) is 6.41. The fourth-order valence-corrected chi connectivity index (χ4v) is 2.96. The number of anilines is 1. The summed E-state index contributed by atoms with van der Waals surface area (Å²) in [6.07, 6.45) is 2.71. The van der Waals surface area contributed by atoms with Crippen LogP contribution in [0.2, 0.25) is 0 Å². The predicted molar refractivity (Wildman–Crippen MR) is 74.8 cm³/mol. The highest BCUT2D eigenvalue weighted by Crippen LogP contribution is 2.26. The lowest BCUT2D eigenvalue weighted by Crippen LogP contribution is -2.45. The quantitative estimate of drug-likeness (QED) is 0.836. The molecule has 1 aliphatic rings. The highest BCUT2D eigenvalue weighted by molar-refractivity contribution is 7.89. The topological polar surface area (TPSA) is 89.7 Å². The van der Waals surface area contributed by atoms with Crippen molar-refractivity contribution in [2.75, 3.05) is 18.6 Å². The average molecular weight is 298 g/mol. The molecule has 0 spiro atoms. The minimum atomic E-state index is -3.69.